The number of aromatic nitrogens is 3. The number of amides is 1. The molecule has 0 atom stereocenters. The average molecular weight is 360 g/mol. The Labute approximate surface area is 154 Å². The maximum absolute atomic E-state index is 12.4. The summed E-state index contributed by atoms with van der Waals surface area (Å²) in [6.45, 7) is 2.07. The third-order valence-electron chi connectivity index (χ3n) is 4.03. The molecule has 1 aromatic carbocycles. The number of carbonyl (C=O) groups excluding carboxylic acids is 1. The SMILES string of the molecule is Cc1ccc2oc(C(=O)NCc3cc(=O)[nH]c(-c4ccccn4)n3)cc2c1. The number of rotatable bonds is 4. The van der Waals surface area contributed by atoms with Crippen LogP contribution >= 0.6 is 0 Å². The predicted octanol–water partition coefficient (Wildman–Crippen LogP) is 2.82. The van der Waals surface area contributed by atoms with Gasteiger partial charge in [-0.25, -0.2) is 4.98 Å². The van der Waals surface area contributed by atoms with Crippen LogP contribution in [0.2, 0.25) is 0 Å². The molecule has 134 valence electrons. The van der Waals surface area contributed by atoms with Gasteiger partial charge < -0.3 is 14.7 Å². The summed E-state index contributed by atoms with van der Waals surface area (Å²) in [5.74, 6) is 0.197. The number of carbonyl (C=O) groups is 1. The fourth-order valence-electron chi connectivity index (χ4n) is 2.76. The van der Waals surface area contributed by atoms with Crippen LogP contribution in [-0.4, -0.2) is 20.9 Å². The first-order valence-electron chi connectivity index (χ1n) is 8.38. The van der Waals surface area contributed by atoms with Gasteiger partial charge >= 0.3 is 0 Å². The molecule has 27 heavy (non-hydrogen) atoms. The zero-order valence-electron chi connectivity index (χ0n) is 14.5. The zero-order valence-corrected chi connectivity index (χ0v) is 14.5. The number of fused-ring (bicyclic) bond motifs is 1. The summed E-state index contributed by atoms with van der Waals surface area (Å²) in [6.07, 6.45) is 1.62. The third-order valence-corrected chi connectivity index (χ3v) is 4.03. The standard InChI is InChI=1S/C20H16N4O3/c1-12-5-6-16-13(8-12)9-17(27-16)20(26)22-11-14-10-18(25)24-19(23-14)15-4-2-3-7-21-15/h2-10H,11H2,1H3,(H,22,26)(H,23,24,25). The van der Waals surface area contributed by atoms with Crippen molar-refractivity contribution in [2.24, 2.45) is 0 Å². The van der Waals surface area contributed by atoms with E-state index < -0.39 is 0 Å². The number of H-pyrrole nitrogens is 1. The lowest BCUT2D eigenvalue weighted by molar-refractivity contribution is 0.0925. The smallest absolute Gasteiger partial charge is 0.287 e. The van der Waals surface area contributed by atoms with E-state index in [1.54, 1.807) is 30.5 Å². The van der Waals surface area contributed by atoms with Crippen LogP contribution < -0.4 is 10.9 Å². The fourth-order valence-corrected chi connectivity index (χ4v) is 2.76. The average Bonchev–Trinajstić information content (AvgIpc) is 3.09. The molecule has 0 aliphatic carbocycles. The monoisotopic (exact) mass is 360 g/mol. The highest BCUT2D eigenvalue weighted by Gasteiger charge is 2.13. The molecule has 0 aliphatic rings. The summed E-state index contributed by atoms with van der Waals surface area (Å²) in [6, 6.07) is 14.1. The zero-order chi connectivity index (χ0) is 18.8. The van der Waals surface area contributed by atoms with Gasteiger partial charge in [0.25, 0.3) is 11.5 Å². The van der Waals surface area contributed by atoms with Gasteiger partial charge in [0.15, 0.2) is 11.6 Å². The lowest BCUT2D eigenvalue weighted by atomic mass is 10.2. The van der Waals surface area contributed by atoms with Gasteiger partial charge in [-0.3, -0.25) is 14.6 Å². The lowest BCUT2D eigenvalue weighted by Crippen LogP contribution is -2.24. The number of pyridine rings is 1. The number of aryl methyl sites for hydroxylation is 1. The van der Waals surface area contributed by atoms with Crippen LogP contribution in [0.5, 0.6) is 0 Å². The molecule has 0 unspecified atom stereocenters. The van der Waals surface area contributed by atoms with E-state index >= 15 is 0 Å². The molecule has 2 N–H and O–H groups in total. The van der Waals surface area contributed by atoms with Gasteiger partial charge in [-0.2, -0.15) is 0 Å². The van der Waals surface area contributed by atoms with Crippen LogP contribution in [0.3, 0.4) is 0 Å². The predicted molar refractivity (Wildman–Crippen MR) is 100 cm³/mol. The minimum atomic E-state index is -0.370. The first kappa shape index (κ1) is 16.7. The molecule has 0 saturated carbocycles. The number of nitrogens with one attached hydrogen (secondary N) is 2. The van der Waals surface area contributed by atoms with Gasteiger partial charge in [0, 0.05) is 17.6 Å². The van der Waals surface area contributed by atoms with E-state index in [-0.39, 0.29) is 23.8 Å². The maximum atomic E-state index is 12.4. The van der Waals surface area contributed by atoms with E-state index in [9.17, 15) is 9.59 Å². The second-order valence-corrected chi connectivity index (χ2v) is 6.13. The van der Waals surface area contributed by atoms with Gasteiger partial charge in [-0.1, -0.05) is 17.7 Å². The first-order chi connectivity index (χ1) is 13.1. The molecule has 0 saturated heterocycles. The molecular weight excluding hydrogens is 344 g/mol. The number of aromatic amines is 1. The van der Waals surface area contributed by atoms with Crippen LogP contribution in [0.4, 0.5) is 0 Å². The summed E-state index contributed by atoms with van der Waals surface area (Å²) in [5.41, 5.74) is 2.41. The van der Waals surface area contributed by atoms with Crippen LogP contribution in [0.15, 0.2) is 63.9 Å². The summed E-state index contributed by atoms with van der Waals surface area (Å²) in [7, 11) is 0. The molecule has 0 fully saturated rings. The molecule has 7 nitrogen and oxygen atoms in total. The van der Waals surface area contributed by atoms with Crippen LogP contribution in [0.25, 0.3) is 22.5 Å². The van der Waals surface area contributed by atoms with Crippen molar-refractivity contribution in [2.75, 3.05) is 0 Å². The third kappa shape index (κ3) is 3.62. The highest BCUT2D eigenvalue weighted by atomic mass is 16.3. The van der Waals surface area contributed by atoms with E-state index in [4.69, 9.17) is 4.42 Å². The van der Waals surface area contributed by atoms with E-state index in [2.05, 4.69) is 20.3 Å². The van der Waals surface area contributed by atoms with Crippen LogP contribution in [-0.2, 0) is 6.54 Å². The normalized spacial score (nSPS) is 10.9. The molecule has 1 amide bonds. The summed E-state index contributed by atoms with van der Waals surface area (Å²) < 4.78 is 5.58. The molecule has 4 aromatic rings. The van der Waals surface area contributed by atoms with E-state index in [1.165, 1.54) is 6.07 Å². The summed E-state index contributed by atoms with van der Waals surface area (Å²) in [5, 5.41) is 3.60. The Morgan fingerprint density at radius 3 is 2.89 bits per heavy atom. The Morgan fingerprint density at radius 1 is 1.19 bits per heavy atom. The minimum Gasteiger partial charge on any atom is -0.451 e. The molecule has 7 heteroatoms. The van der Waals surface area contributed by atoms with E-state index in [0.717, 1.165) is 10.9 Å². The Balaban J connectivity index is 1.53. The van der Waals surface area contributed by atoms with Crippen molar-refractivity contribution in [2.45, 2.75) is 13.5 Å². The number of benzene rings is 1. The van der Waals surface area contributed by atoms with E-state index in [1.807, 2.05) is 25.1 Å². The summed E-state index contributed by atoms with van der Waals surface area (Å²) >= 11 is 0. The largest absolute Gasteiger partial charge is 0.451 e. The topological polar surface area (TPSA) is 101 Å². The number of nitrogens with zero attached hydrogens (tertiary/aromatic N) is 2. The molecule has 0 radical (unpaired) electrons. The Morgan fingerprint density at radius 2 is 2.07 bits per heavy atom. The van der Waals surface area contributed by atoms with Crippen molar-refractivity contribution in [3.63, 3.8) is 0 Å². The lowest BCUT2D eigenvalue weighted by Gasteiger charge is -2.05. The molecule has 0 spiro atoms. The second kappa shape index (κ2) is 6.87. The van der Waals surface area contributed by atoms with Crippen molar-refractivity contribution >= 4 is 16.9 Å². The number of furan rings is 1. The molecule has 0 bridgehead atoms. The molecular formula is C20H16N4O3. The Hall–Kier alpha value is -3.74. The maximum Gasteiger partial charge on any atom is 0.287 e. The molecule has 0 aliphatic heterocycles. The molecule has 3 aromatic heterocycles. The van der Waals surface area contributed by atoms with E-state index in [0.29, 0.717) is 22.8 Å². The highest BCUT2D eigenvalue weighted by molar-refractivity contribution is 5.96. The summed E-state index contributed by atoms with van der Waals surface area (Å²) in [4.78, 5) is 35.5. The van der Waals surface area contributed by atoms with Crippen molar-refractivity contribution < 1.29 is 9.21 Å². The van der Waals surface area contributed by atoms with Crippen molar-refractivity contribution in [1.29, 1.82) is 0 Å². The fraction of sp³-hybridized carbons (Fsp3) is 0.100. The number of hydrogen-bond acceptors (Lipinski definition) is 5. The Bertz CT molecular complexity index is 1180. The van der Waals surface area contributed by atoms with Gasteiger partial charge in [-0.15, -0.1) is 0 Å². The second-order valence-electron chi connectivity index (χ2n) is 6.13. The van der Waals surface area contributed by atoms with Crippen LogP contribution in [0.1, 0.15) is 21.8 Å². The molecule has 4 rings (SSSR count). The highest BCUT2D eigenvalue weighted by Crippen LogP contribution is 2.20. The van der Waals surface area contributed by atoms with Gasteiger partial charge in [-0.05, 0) is 37.3 Å². The number of hydrogen-bond donors (Lipinski definition) is 2. The van der Waals surface area contributed by atoms with Gasteiger partial charge in [0.2, 0.25) is 0 Å². The Kier molecular flexibility index (Phi) is 4.25. The first-order valence-corrected chi connectivity index (χ1v) is 8.38. The molecule has 3 heterocycles. The van der Waals surface area contributed by atoms with Crippen molar-refractivity contribution in [3.05, 3.63) is 82.1 Å². The minimum absolute atomic E-state index is 0.0959. The van der Waals surface area contributed by atoms with Crippen LogP contribution in [0, 0.1) is 6.92 Å². The van der Waals surface area contributed by atoms with Crippen molar-refractivity contribution in [1.82, 2.24) is 20.3 Å². The van der Waals surface area contributed by atoms with Crippen molar-refractivity contribution in [3.8, 4) is 11.5 Å². The quantitative estimate of drug-likeness (QED) is 0.583. The van der Waals surface area contributed by atoms with Gasteiger partial charge in [0.05, 0.1) is 12.2 Å². The van der Waals surface area contributed by atoms with Gasteiger partial charge in [0.1, 0.15) is 11.3 Å².